The van der Waals surface area contributed by atoms with E-state index in [1.165, 1.54) is 6.20 Å². The van der Waals surface area contributed by atoms with E-state index in [2.05, 4.69) is 20.3 Å². The minimum atomic E-state index is -4.42. The van der Waals surface area contributed by atoms with E-state index in [0.29, 0.717) is 23.7 Å². The number of alkyl halides is 3. The van der Waals surface area contributed by atoms with Gasteiger partial charge in [-0.15, -0.1) is 0 Å². The molecule has 3 rings (SSSR count). The molecule has 0 aliphatic carbocycles. The number of nitrogens with one attached hydrogen (secondary N) is 1. The number of ether oxygens (including phenoxy) is 1. The molecule has 0 saturated heterocycles. The van der Waals surface area contributed by atoms with Gasteiger partial charge in [-0.2, -0.15) is 18.2 Å². The third kappa shape index (κ3) is 5.41. The van der Waals surface area contributed by atoms with Crippen molar-refractivity contribution in [3.05, 3.63) is 60.6 Å². The van der Waals surface area contributed by atoms with Crippen LogP contribution < -0.4 is 15.8 Å². The molecule has 0 fully saturated rings. The first kappa shape index (κ1) is 20.5. The third-order valence-corrected chi connectivity index (χ3v) is 4.05. The molecule has 29 heavy (non-hydrogen) atoms. The lowest BCUT2D eigenvalue weighted by Gasteiger charge is -2.24. The molecule has 0 amide bonds. The second kappa shape index (κ2) is 8.04. The smallest absolute Gasteiger partial charge is 0.416 e. The number of nitrogens with two attached hydrogens (primary N) is 1. The van der Waals surface area contributed by atoms with Gasteiger partial charge < -0.3 is 15.8 Å². The maximum atomic E-state index is 12.9. The highest BCUT2D eigenvalue weighted by atomic mass is 19.4. The molecule has 0 aliphatic heterocycles. The van der Waals surface area contributed by atoms with Gasteiger partial charge in [0.1, 0.15) is 11.6 Å². The van der Waals surface area contributed by atoms with Crippen LogP contribution in [-0.2, 0) is 6.18 Å². The van der Waals surface area contributed by atoms with Crippen LogP contribution in [0.3, 0.4) is 0 Å². The maximum Gasteiger partial charge on any atom is 0.416 e. The summed E-state index contributed by atoms with van der Waals surface area (Å²) in [6.07, 6.45) is -0.258. The Kier molecular flexibility index (Phi) is 5.69. The van der Waals surface area contributed by atoms with Gasteiger partial charge in [-0.1, -0.05) is 0 Å². The largest absolute Gasteiger partial charge is 0.437 e. The van der Waals surface area contributed by atoms with Crippen LogP contribution in [0.4, 0.5) is 19.0 Å². The van der Waals surface area contributed by atoms with E-state index in [-0.39, 0.29) is 17.1 Å². The molecule has 1 aromatic carbocycles. The molecule has 0 atom stereocenters. The lowest BCUT2D eigenvalue weighted by Crippen LogP contribution is -2.39. The topological polar surface area (TPSA) is 86.0 Å². The molecule has 0 spiro atoms. The molecule has 0 aliphatic rings. The van der Waals surface area contributed by atoms with Gasteiger partial charge in [0.05, 0.1) is 23.7 Å². The van der Waals surface area contributed by atoms with Crippen molar-refractivity contribution in [3.63, 3.8) is 0 Å². The van der Waals surface area contributed by atoms with Crippen LogP contribution in [0.2, 0.25) is 0 Å². The fourth-order valence-electron chi connectivity index (χ4n) is 2.43. The highest BCUT2D eigenvalue weighted by Crippen LogP contribution is 2.32. The second-order valence-corrected chi connectivity index (χ2v) is 7.01. The normalized spacial score (nSPS) is 11.9. The number of benzene rings is 1. The highest BCUT2D eigenvalue weighted by Gasteiger charge is 2.30. The molecular weight excluding hydrogens is 383 g/mol. The summed E-state index contributed by atoms with van der Waals surface area (Å²) >= 11 is 0. The number of hydrogen-bond donors (Lipinski definition) is 2. The van der Waals surface area contributed by atoms with Gasteiger partial charge in [0, 0.05) is 23.8 Å². The zero-order valence-corrected chi connectivity index (χ0v) is 15.9. The summed E-state index contributed by atoms with van der Waals surface area (Å²) < 4.78 is 44.3. The van der Waals surface area contributed by atoms with E-state index in [1.54, 1.807) is 30.5 Å². The van der Waals surface area contributed by atoms with Crippen molar-refractivity contribution < 1.29 is 17.9 Å². The highest BCUT2D eigenvalue weighted by molar-refractivity contribution is 5.61. The Labute approximate surface area is 166 Å². The first-order chi connectivity index (χ1) is 13.7. The molecule has 6 nitrogen and oxygen atoms in total. The van der Waals surface area contributed by atoms with Crippen molar-refractivity contribution in [1.29, 1.82) is 0 Å². The van der Waals surface area contributed by atoms with E-state index >= 15 is 0 Å². The number of hydrogen-bond acceptors (Lipinski definition) is 6. The first-order valence-corrected chi connectivity index (χ1v) is 8.78. The van der Waals surface area contributed by atoms with Gasteiger partial charge in [0.15, 0.2) is 0 Å². The molecular formula is C20H20F3N5O. The van der Waals surface area contributed by atoms with Crippen LogP contribution in [-0.4, -0.2) is 27.0 Å². The maximum absolute atomic E-state index is 12.9. The molecule has 2 heterocycles. The molecule has 0 saturated carbocycles. The molecule has 0 bridgehead atoms. The number of rotatable bonds is 6. The summed E-state index contributed by atoms with van der Waals surface area (Å²) in [7, 11) is 0. The number of aromatic nitrogens is 3. The van der Waals surface area contributed by atoms with Crippen molar-refractivity contribution in [1.82, 2.24) is 15.0 Å². The summed E-state index contributed by atoms with van der Waals surface area (Å²) in [5, 5.41) is 3.16. The Balaban J connectivity index is 1.75. The minimum absolute atomic E-state index is 0.223. The minimum Gasteiger partial charge on any atom is -0.437 e. The van der Waals surface area contributed by atoms with Crippen LogP contribution in [0.25, 0.3) is 11.3 Å². The van der Waals surface area contributed by atoms with Gasteiger partial charge in [0.2, 0.25) is 5.88 Å². The fraction of sp³-hybridized carbons (Fsp3) is 0.250. The summed E-state index contributed by atoms with van der Waals surface area (Å²) in [6, 6.07) is 8.46. The summed E-state index contributed by atoms with van der Waals surface area (Å²) in [5.74, 6) is 1.25. The zero-order valence-electron chi connectivity index (χ0n) is 15.9. The Morgan fingerprint density at radius 2 is 1.79 bits per heavy atom. The van der Waals surface area contributed by atoms with E-state index in [0.717, 1.165) is 18.3 Å². The number of anilines is 1. The predicted octanol–water partition coefficient (Wildman–Crippen LogP) is 4.50. The fourth-order valence-corrected chi connectivity index (χ4v) is 2.43. The Hall–Kier alpha value is -3.20. The van der Waals surface area contributed by atoms with E-state index in [4.69, 9.17) is 10.5 Å². The van der Waals surface area contributed by atoms with E-state index in [9.17, 15) is 13.2 Å². The molecule has 3 N–H and O–H groups in total. The van der Waals surface area contributed by atoms with E-state index in [1.807, 2.05) is 13.8 Å². The van der Waals surface area contributed by atoms with Crippen molar-refractivity contribution in [2.75, 3.05) is 11.9 Å². The predicted molar refractivity (Wildman–Crippen MR) is 104 cm³/mol. The molecule has 152 valence electrons. The average Bonchev–Trinajstić information content (AvgIpc) is 2.68. The van der Waals surface area contributed by atoms with Gasteiger partial charge in [-0.3, -0.25) is 9.97 Å². The van der Waals surface area contributed by atoms with Gasteiger partial charge >= 0.3 is 6.18 Å². The number of pyridine rings is 1. The van der Waals surface area contributed by atoms with Crippen molar-refractivity contribution >= 4 is 5.82 Å². The van der Waals surface area contributed by atoms with Crippen molar-refractivity contribution in [3.8, 4) is 22.9 Å². The second-order valence-electron chi connectivity index (χ2n) is 7.01. The number of halogens is 3. The summed E-state index contributed by atoms with van der Waals surface area (Å²) in [5.41, 5.74) is 5.36. The van der Waals surface area contributed by atoms with Crippen molar-refractivity contribution in [2.24, 2.45) is 5.73 Å². The first-order valence-electron chi connectivity index (χ1n) is 8.78. The zero-order chi connectivity index (χ0) is 21.1. The molecule has 9 heteroatoms. The monoisotopic (exact) mass is 403 g/mol. The molecule has 2 aromatic heterocycles. The van der Waals surface area contributed by atoms with Crippen LogP contribution in [0.15, 0.2) is 55.0 Å². The lowest BCUT2D eigenvalue weighted by molar-refractivity contribution is -0.137. The Morgan fingerprint density at radius 3 is 2.45 bits per heavy atom. The summed E-state index contributed by atoms with van der Waals surface area (Å²) in [4.78, 5) is 12.4. The van der Waals surface area contributed by atoms with Crippen LogP contribution in [0, 0.1) is 0 Å². The van der Waals surface area contributed by atoms with Gasteiger partial charge in [-0.05, 0) is 50.2 Å². The SMILES string of the molecule is CC(C)(CN)Nc1cncc(Oc2ccc(-c3cc(C(F)(F)F)ccn3)cc2)n1. The van der Waals surface area contributed by atoms with Gasteiger partial charge in [-0.25, -0.2) is 0 Å². The third-order valence-electron chi connectivity index (χ3n) is 4.05. The Bertz CT molecular complexity index is 974. The quantitative estimate of drug-likeness (QED) is 0.630. The number of nitrogens with zero attached hydrogens (tertiary/aromatic N) is 3. The average molecular weight is 403 g/mol. The lowest BCUT2D eigenvalue weighted by atomic mass is 10.1. The molecule has 0 radical (unpaired) electrons. The van der Waals surface area contributed by atoms with Gasteiger partial charge in [0.25, 0.3) is 0 Å². The van der Waals surface area contributed by atoms with Crippen LogP contribution in [0.5, 0.6) is 11.6 Å². The van der Waals surface area contributed by atoms with Crippen LogP contribution >= 0.6 is 0 Å². The summed E-state index contributed by atoms with van der Waals surface area (Å²) in [6.45, 7) is 4.27. The standard InChI is InChI=1S/C20H20F3N5O/c1-19(2,12-24)28-17-10-25-11-18(27-17)29-15-5-3-13(4-6-15)16-9-14(7-8-26-16)20(21,22)23/h3-11H,12,24H2,1-2H3,(H,27,28). The van der Waals surface area contributed by atoms with E-state index < -0.39 is 11.7 Å². The van der Waals surface area contributed by atoms with Crippen molar-refractivity contribution in [2.45, 2.75) is 25.6 Å². The van der Waals surface area contributed by atoms with Crippen LogP contribution in [0.1, 0.15) is 19.4 Å². The Morgan fingerprint density at radius 1 is 1.07 bits per heavy atom. The molecule has 0 unspecified atom stereocenters. The molecule has 3 aromatic rings.